The summed E-state index contributed by atoms with van der Waals surface area (Å²) in [6, 6.07) is 3.87. The van der Waals surface area contributed by atoms with Crippen LogP contribution in [0.2, 0.25) is 0 Å². The Bertz CT molecular complexity index is 695. The minimum absolute atomic E-state index is 0.0143. The van der Waals surface area contributed by atoms with E-state index >= 15 is 0 Å². The number of carbonyl (C=O) groups is 1. The van der Waals surface area contributed by atoms with Gasteiger partial charge in [0.1, 0.15) is 0 Å². The Morgan fingerprint density at radius 1 is 1.48 bits per heavy atom. The fourth-order valence-corrected chi connectivity index (χ4v) is 5.49. The second-order valence-corrected chi connectivity index (χ2v) is 8.94. The summed E-state index contributed by atoms with van der Waals surface area (Å²) in [7, 11) is -3.00. The normalized spacial score (nSPS) is 26.4. The number of piperazine rings is 1. The molecule has 1 aromatic rings. The molecule has 3 rings (SSSR count). The summed E-state index contributed by atoms with van der Waals surface area (Å²) in [5.74, 6) is 0.300. The molecule has 1 N–H and O–H groups in total. The van der Waals surface area contributed by atoms with Crippen molar-refractivity contribution in [2.75, 3.05) is 44.2 Å². The molecule has 3 heterocycles. The van der Waals surface area contributed by atoms with E-state index in [0.717, 1.165) is 25.2 Å². The molecule has 7 nitrogen and oxygen atoms in total. The van der Waals surface area contributed by atoms with Gasteiger partial charge >= 0.3 is 0 Å². The molecule has 0 bridgehead atoms. The number of hydrogen-bond donors (Lipinski definition) is 1. The van der Waals surface area contributed by atoms with Gasteiger partial charge in [-0.3, -0.25) is 14.7 Å². The molecular formula is C17H26N4O3S. The Hall–Kier alpha value is -1.51. The van der Waals surface area contributed by atoms with Crippen LogP contribution < -0.4 is 5.32 Å². The van der Waals surface area contributed by atoms with Crippen molar-refractivity contribution >= 4 is 15.7 Å². The van der Waals surface area contributed by atoms with Gasteiger partial charge in [-0.1, -0.05) is 6.07 Å². The van der Waals surface area contributed by atoms with Crippen molar-refractivity contribution < 1.29 is 13.2 Å². The predicted octanol–water partition coefficient (Wildman–Crippen LogP) is 0.0635. The summed E-state index contributed by atoms with van der Waals surface area (Å²) in [6.07, 6.45) is 4.14. The first-order valence-electron chi connectivity index (χ1n) is 8.85. The summed E-state index contributed by atoms with van der Waals surface area (Å²) < 4.78 is 23.5. The van der Waals surface area contributed by atoms with Crippen molar-refractivity contribution in [1.82, 2.24) is 20.1 Å². The molecule has 1 amide bonds. The number of sulfone groups is 1. The van der Waals surface area contributed by atoms with E-state index < -0.39 is 9.84 Å². The molecule has 2 atom stereocenters. The zero-order valence-electron chi connectivity index (χ0n) is 14.6. The highest BCUT2D eigenvalue weighted by molar-refractivity contribution is 7.91. The maximum absolute atomic E-state index is 12.9. The molecule has 2 unspecified atom stereocenters. The van der Waals surface area contributed by atoms with Crippen LogP contribution in [-0.2, 0) is 14.6 Å². The number of likely N-dealkylation sites (N-methyl/N-ethyl adjacent to an activating group) is 1. The SMILES string of the molecule is CCN(C(=O)CN1CCNCC1c1cccnc1)C1CCS(=O)(=O)C1. The Morgan fingerprint density at radius 2 is 2.32 bits per heavy atom. The third kappa shape index (κ3) is 4.37. The van der Waals surface area contributed by atoms with Gasteiger partial charge in [0.2, 0.25) is 5.91 Å². The van der Waals surface area contributed by atoms with E-state index in [1.165, 1.54) is 0 Å². The van der Waals surface area contributed by atoms with Crippen LogP contribution in [0.25, 0.3) is 0 Å². The van der Waals surface area contributed by atoms with E-state index in [4.69, 9.17) is 0 Å². The van der Waals surface area contributed by atoms with Gasteiger partial charge in [-0.2, -0.15) is 0 Å². The van der Waals surface area contributed by atoms with E-state index in [0.29, 0.717) is 19.5 Å². The monoisotopic (exact) mass is 366 g/mol. The lowest BCUT2D eigenvalue weighted by atomic mass is 10.1. The third-order valence-electron chi connectivity index (χ3n) is 5.07. The van der Waals surface area contributed by atoms with E-state index in [1.54, 1.807) is 11.1 Å². The zero-order valence-corrected chi connectivity index (χ0v) is 15.4. The van der Waals surface area contributed by atoms with Gasteiger partial charge in [0.05, 0.1) is 18.1 Å². The number of hydrogen-bond acceptors (Lipinski definition) is 6. The van der Waals surface area contributed by atoms with Crippen molar-refractivity contribution in [3.63, 3.8) is 0 Å². The summed E-state index contributed by atoms with van der Waals surface area (Å²) in [4.78, 5) is 21.0. The summed E-state index contributed by atoms with van der Waals surface area (Å²) in [6.45, 7) is 5.18. The first-order valence-corrected chi connectivity index (χ1v) is 10.7. The molecule has 0 spiro atoms. The van der Waals surface area contributed by atoms with Crippen molar-refractivity contribution in [3.05, 3.63) is 30.1 Å². The van der Waals surface area contributed by atoms with Crippen LogP contribution >= 0.6 is 0 Å². The van der Waals surface area contributed by atoms with Crippen LogP contribution in [0.5, 0.6) is 0 Å². The van der Waals surface area contributed by atoms with Crippen molar-refractivity contribution in [2.24, 2.45) is 0 Å². The molecule has 2 saturated heterocycles. The number of nitrogens with zero attached hydrogens (tertiary/aromatic N) is 3. The molecule has 0 aromatic carbocycles. The van der Waals surface area contributed by atoms with Gasteiger partial charge in [-0.05, 0) is 25.0 Å². The molecular weight excluding hydrogens is 340 g/mol. The Labute approximate surface area is 149 Å². The molecule has 8 heteroatoms. The molecule has 138 valence electrons. The first kappa shape index (κ1) is 18.3. The molecule has 2 aliphatic heterocycles. The molecule has 2 aliphatic rings. The van der Waals surface area contributed by atoms with Gasteiger partial charge < -0.3 is 10.2 Å². The van der Waals surface area contributed by atoms with E-state index in [-0.39, 0.29) is 29.5 Å². The smallest absolute Gasteiger partial charge is 0.237 e. The van der Waals surface area contributed by atoms with Gasteiger partial charge in [0, 0.05) is 50.7 Å². The number of amides is 1. The highest BCUT2D eigenvalue weighted by Crippen LogP contribution is 2.23. The lowest BCUT2D eigenvalue weighted by Crippen LogP contribution is -2.52. The second-order valence-electron chi connectivity index (χ2n) is 6.71. The lowest BCUT2D eigenvalue weighted by Gasteiger charge is -2.37. The molecule has 2 fully saturated rings. The molecule has 0 saturated carbocycles. The van der Waals surface area contributed by atoms with Crippen molar-refractivity contribution in [3.8, 4) is 0 Å². The number of carbonyl (C=O) groups excluding carboxylic acids is 1. The Morgan fingerprint density at radius 3 is 2.96 bits per heavy atom. The minimum Gasteiger partial charge on any atom is -0.338 e. The van der Waals surface area contributed by atoms with E-state index in [1.807, 2.05) is 25.3 Å². The molecule has 0 radical (unpaired) electrons. The largest absolute Gasteiger partial charge is 0.338 e. The van der Waals surface area contributed by atoms with Crippen LogP contribution in [0.1, 0.15) is 24.9 Å². The highest BCUT2D eigenvalue weighted by atomic mass is 32.2. The van der Waals surface area contributed by atoms with Crippen molar-refractivity contribution in [2.45, 2.75) is 25.4 Å². The average Bonchev–Trinajstić information content (AvgIpc) is 2.96. The Balaban J connectivity index is 1.69. The fraction of sp³-hybridized carbons (Fsp3) is 0.647. The topological polar surface area (TPSA) is 82.6 Å². The standard InChI is InChI=1S/C17H26N4O3S/c1-2-21(15-5-9-25(23,24)13-15)17(22)12-20-8-7-19-11-16(20)14-4-3-6-18-10-14/h3-4,6,10,15-16,19H,2,5,7-9,11-13H2,1H3. The predicted molar refractivity (Wildman–Crippen MR) is 95.9 cm³/mol. The minimum atomic E-state index is -3.00. The second kappa shape index (κ2) is 7.80. The highest BCUT2D eigenvalue weighted by Gasteiger charge is 2.35. The van der Waals surface area contributed by atoms with Crippen LogP contribution in [0, 0.1) is 0 Å². The lowest BCUT2D eigenvalue weighted by molar-refractivity contribution is -0.134. The Kier molecular flexibility index (Phi) is 5.71. The van der Waals surface area contributed by atoms with Crippen LogP contribution in [0.15, 0.2) is 24.5 Å². The summed E-state index contributed by atoms with van der Waals surface area (Å²) in [5.41, 5.74) is 1.09. The number of pyridine rings is 1. The van der Waals surface area contributed by atoms with Gasteiger partial charge in [0.25, 0.3) is 0 Å². The van der Waals surface area contributed by atoms with Crippen molar-refractivity contribution in [1.29, 1.82) is 0 Å². The molecule has 25 heavy (non-hydrogen) atoms. The first-order chi connectivity index (χ1) is 12.0. The van der Waals surface area contributed by atoms with Crippen LogP contribution in [0.4, 0.5) is 0 Å². The maximum Gasteiger partial charge on any atom is 0.237 e. The average molecular weight is 366 g/mol. The number of rotatable bonds is 5. The fourth-order valence-electron chi connectivity index (χ4n) is 3.76. The number of aromatic nitrogens is 1. The molecule has 1 aromatic heterocycles. The maximum atomic E-state index is 12.9. The van der Waals surface area contributed by atoms with Crippen LogP contribution in [-0.4, -0.2) is 79.4 Å². The van der Waals surface area contributed by atoms with E-state index in [2.05, 4.69) is 15.2 Å². The van der Waals surface area contributed by atoms with E-state index in [9.17, 15) is 13.2 Å². The van der Waals surface area contributed by atoms with Gasteiger partial charge in [0.15, 0.2) is 9.84 Å². The third-order valence-corrected chi connectivity index (χ3v) is 6.82. The zero-order chi connectivity index (χ0) is 17.9. The number of nitrogens with one attached hydrogen (secondary N) is 1. The quantitative estimate of drug-likeness (QED) is 0.794. The molecule has 0 aliphatic carbocycles. The summed E-state index contributed by atoms with van der Waals surface area (Å²) in [5, 5.41) is 3.37. The van der Waals surface area contributed by atoms with Gasteiger partial charge in [-0.25, -0.2) is 8.42 Å². The van der Waals surface area contributed by atoms with Crippen LogP contribution in [0.3, 0.4) is 0 Å². The summed E-state index contributed by atoms with van der Waals surface area (Å²) >= 11 is 0. The van der Waals surface area contributed by atoms with Gasteiger partial charge in [-0.15, -0.1) is 0 Å².